The van der Waals surface area contributed by atoms with E-state index in [1.165, 1.54) is 12.1 Å². The Morgan fingerprint density at radius 2 is 1.95 bits per heavy atom. The number of benzene rings is 1. The number of aromatic hydroxyl groups is 2. The second kappa shape index (κ2) is 6.48. The lowest BCUT2D eigenvalue weighted by atomic mass is 10.1. The molecule has 0 spiro atoms. The van der Waals surface area contributed by atoms with E-state index in [9.17, 15) is 15.0 Å². The first-order valence-corrected chi connectivity index (χ1v) is 5.79. The molecule has 1 aromatic rings. The van der Waals surface area contributed by atoms with Crippen LogP contribution in [0.2, 0.25) is 0 Å². The van der Waals surface area contributed by atoms with Crippen LogP contribution in [0.3, 0.4) is 0 Å². The first-order chi connectivity index (χ1) is 8.97. The van der Waals surface area contributed by atoms with Gasteiger partial charge in [-0.2, -0.15) is 0 Å². The van der Waals surface area contributed by atoms with Crippen molar-refractivity contribution in [2.75, 3.05) is 0 Å². The second-order valence-corrected chi connectivity index (χ2v) is 4.08. The summed E-state index contributed by atoms with van der Waals surface area (Å²) in [5.74, 6) is -1.07. The van der Waals surface area contributed by atoms with E-state index >= 15 is 0 Å². The maximum Gasteiger partial charge on any atom is 0.252 e. The molecule has 1 atom stereocenters. The Morgan fingerprint density at radius 3 is 2.42 bits per heavy atom. The van der Waals surface area contributed by atoms with E-state index < -0.39 is 11.9 Å². The Kier molecular flexibility index (Phi) is 4.99. The molecule has 0 aromatic heterocycles. The first kappa shape index (κ1) is 14.6. The maximum absolute atomic E-state index is 11.9. The Bertz CT molecular complexity index is 468. The molecule has 7 heteroatoms. The molecule has 0 radical (unpaired) electrons. The molecule has 19 heavy (non-hydrogen) atoms. The Balaban J connectivity index is 2.87. The average molecular weight is 267 g/mol. The van der Waals surface area contributed by atoms with E-state index in [1.54, 1.807) is 0 Å². The molecule has 1 unspecified atom stereocenters. The van der Waals surface area contributed by atoms with Crippen LogP contribution >= 0.6 is 0 Å². The van der Waals surface area contributed by atoms with Crippen LogP contribution in [0.4, 0.5) is 0 Å². The van der Waals surface area contributed by atoms with Gasteiger partial charge in [-0.1, -0.05) is 18.5 Å². The lowest BCUT2D eigenvalue weighted by molar-refractivity contribution is 0.0944. The van der Waals surface area contributed by atoms with Gasteiger partial charge in [0.1, 0.15) is 11.5 Å². The first-order valence-electron chi connectivity index (χ1n) is 5.79. The van der Waals surface area contributed by atoms with E-state index in [0.717, 1.165) is 12.5 Å². The number of carbonyl (C=O) groups is 1. The van der Waals surface area contributed by atoms with E-state index in [2.05, 4.69) is 10.5 Å². The van der Waals surface area contributed by atoms with Crippen LogP contribution in [-0.4, -0.2) is 33.2 Å². The molecule has 1 rings (SSSR count). The smallest absolute Gasteiger partial charge is 0.252 e. The molecule has 1 aromatic carbocycles. The summed E-state index contributed by atoms with van der Waals surface area (Å²) < 4.78 is 0. The highest BCUT2D eigenvalue weighted by Gasteiger charge is 2.17. The van der Waals surface area contributed by atoms with Crippen LogP contribution in [0.1, 0.15) is 30.1 Å². The molecule has 0 aliphatic carbocycles. The van der Waals surface area contributed by atoms with Gasteiger partial charge in [-0.05, 0) is 18.6 Å². The van der Waals surface area contributed by atoms with Crippen LogP contribution < -0.4 is 11.1 Å². The minimum Gasteiger partial charge on any atom is -0.508 e. The van der Waals surface area contributed by atoms with Crippen LogP contribution in [0.15, 0.2) is 23.4 Å². The van der Waals surface area contributed by atoms with Crippen LogP contribution in [0.25, 0.3) is 0 Å². The zero-order valence-corrected chi connectivity index (χ0v) is 10.5. The van der Waals surface area contributed by atoms with Gasteiger partial charge >= 0.3 is 0 Å². The van der Waals surface area contributed by atoms with E-state index in [1.807, 2.05) is 6.92 Å². The van der Waals surface area contributed by atoms with Gasteiger partial charge in [-0.15, -0.1) is 0 Å². The number of nitrogens with zero attached hydrogens (tertiary/aromatic N) is 1. The standard InChI is InChI=1S/C12H17N3O4/c1-2-3-10(11(13)15-19)14-12(18)7-4-8(16)6-9(17)5-7/h4-6,10,16-17,19H,2-3H2,1H3,(H2,13,15)(H,14,18). The quantitative estimate of drug-likeness (QED) is 0.233. The SMILES string of the molecule is CCCC(NC(=O)c1cc(O)cc(O)c1)/C(N)=N/O. The highest BCUT2D eigenvalue weighted by Crippen LogP contribution is 2.20. The van der Waals surface area contributed by atoms with Crippen LogP contribution in [0, 0.1) is 0 Å². The van der Waals surface area contributed by atoms with Gasteiger partial charge in [0, 0.05) is 11.6 Å². The van der Waals surface area contributed by atoms with Crippen molar-refractivity contribution in [3.8, 4) is 11.5 Å². The number of phenols is 2. The third-order valence-corrected chi connectivity index (χ3v) is 2.52. The number of amidine groups is 1. The molecular weight excluding hydrogens is 250 g/mol. The number of rotatable bonds is 5. The van der Waals surface area contributed by atoms with Gasteiger partial charge < -0.3 is 26.5 Å². The maximum atomic E-state index is 11.9. The van der Waals surface area contributed by atoms with Crippen molar-refractivity contribution in [3.05, 3.63) is 23.8 Å². The molecule has 0 saturated carbocycles. The Morgan fingerprint density at radius 1 is 1.37 bits per heavy atom. The van der Waals surface area contributed by atoms with Gasteiger partial charge in [-0.3, -0.25) is 4.79 Å². The van der Waals surface area contributed by atoms with Crippen molar-refractivity contribution in [2.45, 2.75) is 25.8 Å². The summed E-state index contributed by atoms with van der Waals surface area (Å²) in [7, 11) is 0. The number of oxime groups is 1. The van der Waals surface area contributed by atoms with Crippen LogP contribution in [-0.2, 0) is 0 Å². The molecule has 104 valence electrons. The van der Waals surface area contributed by atoms with Crippen molar-refractivity contribution in [3.63, 3.8) is 0 Å². The molecule has 6 N–H and O–H groups in total. The number of carbonyl (C=O) groups excluding carboxylic acids is 1. The third-order valence-electron chi connectivity index (χ3n) is 2.52. The molecule has 0 bridgehead atoms. The molecule has 7 nitrogen and oxygen atoms in total. The van der Waals surface area contributed by atoms with Gasteiger partial charge in [0.15, 0.2) is 5.84 Å². The molecule has 0 aliphatic rings. The fourth-order valence-electron chi connectivity index (χ4n) is 1.62. The molecule has 0 aliphatic heterocycles. The number of nitrogens with two attached hydrogens (primary N) is 1. The zero-order chi connectivity index (χ0) is 14.4. The summed E-state index contributed by atoms with van der Waals surface area (Å²) in [6.07, 6.45) is 1.24. The summed E-state index contributed by atoms with van der Waals surface area (Å²) >= 11 is 0. The largest absolute Gasteiger partial charge is 0.508 e. The highest BCUT2D eigenvalue weighted by atomic mass is 16.4. The lowest BCUT2D eigenvalue weighted by Gasteiger charge is -2.16. The van der Waals surface area contributed by atoms with Gasteiger partial charge in [-0.25, -0.2) is 0 Å². The van der Waals surface area contributed by atoms with Crippen molar-refractivity contribution in [1.82, 2.24) is 5.32 Å². The van der Waals surface area contributed by atoms with Crippen molar-refractivity contribution in [1.29, 1.82) is 0 Å². The predicted molar refractivity (Wildman–Crippen MR) is 69.3 cm³/mol. The van der Waals surface area contributed by atoms with Crippen molar-refractivity contribution in [2.24, 2.45) is 10.9 Å². The van der Waals surface area contributed by atoms with Crippen molar-refractivity contribution < 1.29 is 20.2 Å². The van der Waals surface area contributed by atoms with E-state index in [-0.39, 0.29) is 22.9 Å². The Hall–Kier alpha value is -2.44. The average Bonchev–Trinajstić information content (AvgIpc) is 2.36. The lowest BCUT2D eigenvalue weighted by Crippen LogP contribution is -2.44. The fourth-order valence-corrected chi connectivity index (χ4v) is 1.62. The summed E-state index contributed by atoms with van der Waals surface area (Å²) in [6, 6.07) is 2.94. The van der Waals surface area contributed by atoms with Gasteiger partial charge in [0.2, 0.25) is 0 Å². The monoisotopic (exact) mass is 267 g/mol. The zero-order valence-electron chi connectivity index (χ0n) is 10.5. The molecule has 0 fully saturated rings. The summed E-state index contributed by atoms with van der Waals surface area (Å²) in [5, 5.41) is 32.7. The normalized spacial score (nSPS) is 13.0. The van der Waals surface area contributed by atoms with Gasteiger partial charge in [0.05, 0.1) is 6.04 Å². The summed E-state index contributed by atoms with van der Waals surface area (Å²) in [6.45, 7) is 1.89. The van der Waals surface area contributed by atoms with E-state index in [4.69, 9.17) is 10.9 Å². The number of hydrogen-bond donors (Lipinski definition) is 5. The van der Waals surface area contributed by atoms with Crippen molar-refractivity contribution >= 4 is 11.7 Å². The number of nitrogens with one attached hydrogen (secondary N) is 1. The predicted octanol–water partition coefficient (Wildman–Crippen LogP) is 0.743. The molecular formula is C12H17N3O4. The third kappa shape index (κ3) is 4.06. The number of hydrogen-bond acceptors (Lipinski definition) is 5. The number of amides is 1. The van der Waals surface area contributed by atoms with Crippen LogP contribution in [0.5, 0.6) is 11.5 Å². The second-order valence-electron chi connectivity index (χ2n) is 4.08. The van der Waals surface area contributed by atoms with Gasteiger partial charge in [0.25, 0.3) is 5.91 Å². The highest BCUT2D eigenvalue weighted by molar-refractivity contribution is 5.98. The minimum absolute atomic E-state index is 0.0874. The topological polar surface area (TPSA) is 128 Å². The minimum atomic E-state index is -0.605. The Labute approximate surface area is 110 Å². The number of phenolic OH excluding ortho intramolecular Hbond substituents is 2. The molecule has 0 saturated heterocycles. The summed E-state index contributed by atoms with van der Waals surface area (Å²) in [4.78, 5) is 11.9. The molecule has 1 amide bonds. The fraction of sp³-hybridized carbons (Fsp3) is 0.333. The molecule has 0 heterocycles. The summed E-state index contributed by atoms with van der Waals surface area (Å²) in [5.41, 5.74) is 5.56. The van der Waals surface area contributed by atoms with E-state index in [0.29, 0.717) is 6.42 Å².